The van der Waals surface area contributed by atoms with Crippen LogP contribution in [0.4, 0.5) is 4.39 Å². The molecule has 1 amide bonds. The lowest BCUT2D eigenvalue weighted by Gasteiger charge is -2.23. The number of nitrogens with zero attached hydrogens (tertiary/aromatic N) is 4. The van der Waals surface area contributed by atoms with E-state index in [1.165, 1.54) is 6.07 Å². The van der Waals surface area contributed by atoms with Gasteiger partial charge in [0.05, 0.1) is 11.3 Å². The number of benzene rings is 1. The predicted molar refractivity (Wildman–Crippen MR) is 113 cm³/mol. The second-order valence-corrected chi connectivity index (χ2v) is 7.91. The van der Waals surface area contributed by atoms with E-state index in [0.717, 1.165) is 42.6 Å². The molecule has 0 saturated carbocycles. The highest BCUT2D eigenvalue weighted by Crippen LogP contribution is 2.31. The number of hydrogen-bond donors (Lipinski definition) is 2. The average molecular weight is 406 g/mol. The number of nitrogens with one attached hydrogen (secondary N) is 2. The molecule has 1 saturated heterocycles. The number of pyridine rings is 1. The first-order chi connectivity index (χ1) is 14.5. The number of rotatable bonds is 3. The molecule has 4 aromatic rings. The van der Waals surface area contributed by atoms with Crippen molar-refractivity contribution in [2.45, 2.75) is 25.8 Å². The second-order valence-electron chi connectivity index (χ2n) is 7.91. The fourth-order valence-electron chi connectivity index (χ4n) is 4.21. The van der Waals surface area contributed by atoms with Crippen molar-refractivity contribution in [3.8, 4) is 11.1 Å². The molecule has 0 atom stereocenters. The molecule has 2 N–H and O–H groups in total. The number of carbonyl (C=O) groups excluding carboxylic acids is 1. The summed E-state index contributed by atoms with van der Waals surface area (Å²) in [5.74, 6) is -0.505. The molecule has 5 rings (SSSR count). The normalized spacial score (nSPS) is 15.2. The van der Waals surface area contributed by atoms with Gasteiger partial charge in [-0.15, -0.1) is 0 Å². The number of fused-ring (bicyclic) bond motifs is 2. The quantitative estimate of drug-likeness (QED) is 0.549. The van der Waals surface area contributed by atoms with Gasteiger partial charge < -0.3 is 15.0 Å². The summed E-state index contributed by atoms with van der Waals surface area (Å²) in [4.78, 5) is 17.2. The molecule has 0 radical (unpaired) electrons. The van der Waals surface area contributed by atoms with Gasteiger partial charge in [-0.1, -0.05) is 6.07 Å². The maximum Gasteiger partial charge on any atom is 0.253 e. The smallest absolute Gasteiger partial charge is 0.253 e. The SMILES string of the molecule is Cc1cn2cc(-c3ccc(C(=O)NC4CCNCC4)c4nn(C)cc34)cc(F)c2n1. The number of aromatic nitrogens is 4. The van der Waals surface area contributed by atoms with Gasteiger partial charge in [0.25, 0.3) is 5.91 Å². The molecule has 1 aliphatic rings. The molecule has 0 unspecified atom stereocenters. The topological polar surface area (TPSA) is 76.2 Å². The number of carbonyl (C=O) groups is 1. The average Bonchev–Trinajstić information content (AvgIpc) is 3.29. The monoisotopic (exact) mass is 406 g/mol. The zero-order valence-electron chi connectivity index (χ0n) is 16.9. The van der Waals surface area contributed by atoms with Gasteiger partial charge in [-0.05, 0) is 50.6 Å². The van der Waals surface area contributed by atoms with E-state index in [4.69, 9.17) is 0 Å². The molecule has 0 aliphatic carbocycles. The molecule has 7 nitrogen and oxygen atoms in total. The minimum absolute atomic E-state index is 0.121. The van der Waals surface area contributed by atoms with Crippen molar-refractivity contribution >= 4 is 22.5 Å². The summed E-state index contributed by atoms with van der Waals surface area (Å²) in [6.07, 6.45) is 7.35. The van der Waals surface area contributed by atoms with E-state index >= 15 is 0 Å². The molecule has 1 aromatic carbocycles. The zero-order chi connectivity index (χ0) is 20.8. The Morgan fingerprint density at radius 2 is 2.03 bits per heavy atom. The largest absolute Gasteiger partial charge is 0.349 e. The van der Waals surface area contributed by atoms with E-state index < -0.39 is 0 Å². The van der Waals surface area contributed by atoms with E-state index in [9.17, 15) is 9.18 Å². The fraction of sp³-hybridized carbons (Fsp3) is 0.318. The molecule has 3 aromatic heterocycles. The Hall–Kier alpha value is -3.26. The Bertz CT molecular complexity index is 1270. The van der Waals surface area contributed by atoms with Crippen molar-refractivity contribution in [2.75, 3.05) is 13.1 Å². The summed E-state index contributed by atoms with van der Waals surface area (Å²) in [5.41, 5.74) is 3.74. The van der Waals surface area contributed by atoms with E-state index in [-0.39, 0.29) is 17.8 Å². The van der Waals surface area contributed by atoms with Crippen molar-refractivity contribution in [3.63, 3.8) is 0 Å². The minimum Gasteiger partial charge on any atom is -0.349 e. The van der Waals surface area contributed by atoms with E-state index in [1.54, 1.807) is 21.3 Å². The Balaban J connectivity index is 1.58. The highest BCUT2D eigenvalue weighted by atomic mass is 19.1. The second kappa shape index (κ2) is 7.21. The molecule has 0 spiro atoms. The number of halogens is 1. The summed E-state index contributed by atoms with van der Waals surface area (Å²) in [5, 5.41) is 11.8. The van der Waals surface area contributed by atoms with Crippen LogP contribution in [0.1, 0.15) is 28.9 Å². The standard InChI is InChI=1S/C22H23FN6O/c1-13-10-29-11-14(9-19(23)21(29)25-13)16-3-4-17(20-18(16)12-28(2)27-20)22(30)26-15-5-7-24-8-6-15/h3-4,9-12,15,24H,5-8H2,1-2H3,(H,26,30). The maximum atomic E-state index is 14.6. The van der Waals surface area contributed by atoms with Crippen LogP contribution in [-0.2, 0) is 7.05 Å². The molecular formula is C22H23FN6O. The van der Waals surface area contributed by atoms with E-state index in [0.29, 0.717) is 22.3 Å². The third-order valence-corrected chi connectivity index (χ3v) is 5.65. The highest BCUT2D eigenvalue weighted by Gasteiger charge is 2.21. The maximum absolute atomic E-state index is 14.6. The van der Waals surface area contributed by atoms with Crippen LogP contribution in [0.15, 0.2) is 36.8 Å². The summed E-state index contributed by atoms with van der Waals surface area (Å²) in [7, 11) is 1.82. The zero-order valence-corrected chi connectivity index (χ0v) is 16.9. The lowest BCUT2D eigenvalue weighted by molar-refractivity contribution is 0.0931. The van der Waals surface area contributed by atoms with Crippen LogP contribution >= 0.6 is 0 Å². The van der Waals surface area contributed by atoms with Gasteiger partial charge in [0, 0.05) is 42.6 Å². The highest BCUT2D eigenvalue weighted by molar-refractivity contribution is 6.09. The summed E-state index contributed by atoms with van der Waals surface area (Å²) >= 11 is 0. The Kier molecular flexibility index (Phi) is 4.51. The van der Waals surface area contributed by atoms with Crippen LogP contribution in [0.3, 0.4) is 0 Å². The lowest BCUT2D eigenvalue weighted by atomic mass is 9.99. The Morgan fingerprint density at radius 3 is 2.83 bits per heavy atom. The first-order valence-corrected chi connectivity index (χ1v) is 10.1. The van der Waals surface area contributed by atoms with Crippen LogP contribution < -0.4 is 10.6 Å². The molecule has 8 heteroatoms. The third kappa shape index (κ3) is 3.23. The summed E-state index contributed by atoms with van der Waals surface area (Å²) in [6.45, 7) is 3.65. The van der Waals surface area contributed by atoms with Crippen molar-refractivity contribution in [3.05, 3.63) is 53.9 Å². The number of amides is 1. The van der Waals surface area contributed by atoms with Crippen molar-refractivity contribution < 1.29 is 9.18 Å². The van der Waals surface area contributed by atoms with Gasteiger partial charge in [-0.2, -0.15) is 5.10 Å². The predicted octanol–water partition coefficient (Wildman–Crippen LogP) is 2.82. The van der Waals surface area contributed by atoms with Crippen molar-refractivity contribution in [1.29, 1.82) is 0 Å². The number of hydrogen-bond acceptors (Lipinski definition) is 4. The lowest BCUT2D eigenvalue weighted by Crippen LogP contribution is -2.42. The number of imidazole rings is 1. The number of aryl methyl sites for hydroxylation is 2. The fourth-order valence-corrected chi connectivity index (χ4v) is 4.21. The Morgan fingerprint density at radius 1 is 1.23 bits per heavy atom. The number of piperidine rings is 1. The molecule has 1 aliphatic heterocycles. The van der Waals surface area contributed by atoms with Gasteiger partial charge in [0.15, 0.2) is 11.5 Å². The van der Waals surface area contributed by atoms with Crippen LogP contribution in [0.25, 0.3) is 27.7 Å². The minimum atomic E-state index is -0.384. The van der Waals surface area contributed by atoms with Crippen LogP contribution in [0.5, 0.6) is 0 Å². The van der Waals surface area contributed by atoms with E-state index in [1.807, 2.05) is 32.4 Å². The molecule has 154 valence electrons. The first-order valence-electron chi connectivity index (χ1n) is 10.1. The third-order valence-electron chi connectivity index (χ3n) is 5.65. The van der Waals surface area contributed by atoms with Gasteiger partial charge >= 0.3 is 0 Å². The van der Waals surface area contributed by atoms with Gasteiger partial charge in [-0.3, -0.25) is 9.48 Å². The van der Waals surface area contributed by atoms with Crippen LogP contribution in [-0.4, -0.2) is 44.2 Å². The molecule has 4 heterocycles. The molecule has 30 heavy (non-hydrogen) atoms. The molecular weight excluding hydrogens is 383 g/mol. The van der Waals surface area contributed by atoms with Gasteiger partial charge in [-0.25, -0.2) is 9.37 Å². The molecule has 1 fully saturated rings. The van der Waals surface area contributed by atoms with Crippen LogP contribution in [0.2, 0.25) is 0 Å². The Labute approximate surface area is 172 Å². The molecule has 0 bridgehead atoms. The van der Waals surface area contributed by atoms with Gasteiger partial charge in [0.1, 0.15) is 5.52 Å². The van der Waals surface area contributed by atoms with Gasteiger partial charge in [0.2, 0.25) is 0 Å². The first kappa shape index (κ1) is 18.7. The van der Waals surface area contributed by atoms with Crippen LogP contribution in [0, 0.1) is 12.7 Å². The van der Waals surface area contributed by atoms with Crippen molar-refractivity contribution in [1.82, 2.24) is 29.8 Å². The van der Waals surface area contributed by atoms with E-state index in [2.05, 4.69) is 20.7 Å². The van der Waals surface area contributed by atoms with Crippen molar-refractivity contribution in [2.24, 2.45) is 7.05 Å². The summed E-state index contributed by atoms with van der Waals surface area (Å²) in [6, 6.07) is 5.30. The summed E-state index contributed by atoms with van der Waals surface area (Å²) < 4.78 is 18.0.